The Labute approximate surface area is 136 Å². The van der Waals surface area contributed by atoms with Crippen LogP contribution in [0.3, 0.4) is 0 Å². The van der Waals surface area contributed by atoms with Gasteiger partial charge >= 0.3 is 5.97 Å². The van der Waals surface area contributed by atoms with Gasteiger partial charge in [0.1, 0.15) is 0 Å². The van der Waals surface area contributed by atoms with Crippen LogP contribution in [-0.4, -0.2) is 28.9 Å². The first-order chi connectivity index (χ1) is 10.8. The van der Waals surface area contributed by atoms with Gasteiger partial charge in [-0.25, -0.2) is 0 Å². The average Bonchev–Trinajstić information content (AvgIpc) is 2.84. The molecule has 4 heteroatoms. The largest absolute Gasteiger partial charge is 0.448 e. The van der Waals surface area contributed by atoms with E-state index in [1.807, 2.05) is 37.8 Å². The van der Waals surface area contributed by atoms with E-state index in [1.54, 1.807) is 0 Å². The van der Waals surface area contributed by atoms with Gasteiger partial charge in [-0.1, -0.05) is 38.1 Å². The van der Waals surface area contributed by atoms with Crippen LogP contribution < -0.4 is 0 Å². The fraction of sp³-hybridized carbons (Fsp3) is 0.579. The molecule has 4 nitrogen and oxygen atoms in total. The number of esters is 1. The van der Waals surface area contributed by atoms with Crippen molar-refractivity contribution in [3.05, 3.63) is 35.4 Å². The molecule has 0 radical (unpaired) electrons. The third-order valence-corrected chi connectivity index (χ3v) is 6.85. The lowest BCUT2D eigenvalue weighted by molar-refractivity contribution is -0.174. The molecule has 2 aliphatic heterocycles. The molecule has 2 heterocycles. The summed E-state index contributed by atoms with van der Waals surface area (Å²) in [6.45, 7) is 7.29. The van der Waals surface area contributed by atoms with E-state index in [-0.39, 0.29) is 11.9 Å². The maximum absolute atomic E-state index is 13.3. The van der Waals surface area contributed by atoms with Crippen molar-refractivity contribution >= 4 is 11.9 Å². The molecule has 1 amide bonds. The van der Waals surface area contributed by atoms with Crippen molar-refractivity contribution < 1.29 is 14.3 Å². The number of carbonyl (C=O) groups excluding carboxylic acids is 2. The molecule has 2 fully saturated rings. The molecular formula is C19H23NO3. The Morgan fingerprint density at radius 3 is 2.43 bits per heavy atom. The summed E-state index contributed by atoms with van der Waals surface area (Å²) in [4.78, 5) is 27.6. The Balaban J connectivity index is 1.67. The summed E-state index contributed by atoms with van der Waals surface area (Å²) in [5.74, 6) is -0.217. The highest BCUT2D eigenvalue weighted by Gasteiger charge is 2.76. The third kappa shape index (κ3) is 1.62. The normalized spacial score (nSPS) is 34.2. The molecule has 2 atom stereocenters. The molecule has 4 rings (SSSR count). The first-order valence-corrected chi connectivity index (χ1v) is 8.41. The maximum Gasteiger partial charge on any atom is 0.313 e. The summed E-state index contributed by atoms with van der Waals surface area (Å²) in [7, 11) is 0. The van der Waals surface area contributed by atoms with Crippen LogP contribution in [0.5, 0.6) is 0 Å². The summed E-state index contributed by atoms with van der Waals surface area (Å²) in [6, 6.07) is 8.26. The van der Waals surface area contributed by atoms with Crippen LogP contribution in [0.25, 0.3) is 0 Å². The number of ether oxygens (including phenoxy) is 1. The van der Waals surface area contributed by atoms with Gasteiger partial charge < -0.3 is 9.64 Å². The molecule has 3 aliphatic rings. The van der Waals surface area contributed by atoms with Crippen molar-refractivity contribution in [1.82, 2.24) is 4.90 Å². The molecule has 122 valence electrons. The van der Waals surface area contributed by atoms with Crippen molar-refractivity contribution in [2.75, 3.05) is 6.54 Å². The van der Waals surface area contributed by atoms with Crippen LogP contribution in [0.1, 0.15) is 44.7 Å². The van der Waals surface area contributed by atoms with Crippen LogP contribution in [-0.2, 0) is 27.3 Å². The molecule has 23 heavy (non-hydrogen) atoms. The van der Waals surface area contributed by atoms with E-state index >= 15 is 0 Å². The zero-order chi connectivity index (χ0) is 16.5. The molecule has 1 aromatic carbocycles. The number of benzene rings is 1. The fourth-order valence-electron chi connectivity index (χ4n) is 4.65. The van der Waals surface area contributed by atoms with Crippen LogP contribution >= 0.6 is 0 Å². The highest BCUT2D eigenvalue weighted by atomic mass is 16.6. The van der Waals surface area contributed by atoms with Gasteiger partial charge in [-0.15, -0.1) is 0 Å². The lowest BCUT2D eigenvalue weighted by Crippen LogP contribution is -2.55. The number of amides is 1. The fourth-order valence-corrected chi connectivity index (χ4v) is 4.65. The molecular weight excluding hydrogens is 290 g/mol. The molecule has 0 unspecified atom stereocenters. The Bertz CT molecular complexity index is 710. The number of rotatable bonds is 1. The van der Waals surface area contributed by atoms with Gasteiger partial charge in [-0.2, -0.15) is 0 Å². The molecule has 1 saturated carbocycles. The quantitative estimate of drug-likeness (QED) is 0.749. The second-order valence-corrected chi connectivity index (χ2v) is 7.92. The Hall–Kier alpha value is -1.84. The second-order valence-electron chi connectivity index (χ2n) is 7.92. The molecule has 0 N–H and O–H groups in total. The van der Waals surface area contributed by atoms with E-state index in [9.17, 15) is 9.59 Å². The standard InChI is InChI=1S/C19H23NO3/c1-17(2)18(3)9-10-19(17,23-16(18)22)15(21)20-11-8-13-6-4-5-7-14(13)12-20/h4-7H,8-12H2,1-3H3/t18-,19+/m0/s1. The monoisotopic (exact) mass is 313 g/mol. The minimum atomic E-state index is -0.981. The molecule has 1 aromatic rings. The Kier molecular flexibility index (Phi) is 2.80. The Morgan fingerprint density at radius 1 is 1.13 bits per heavy atom. The van der Waals surface area contributed by atoms with Crippen LogP contribution in [0, 0.1) is 10.8 Å². The lowest BCUT2D eigenvalue weighted by atomic mass is 9.66. The second kappa shape index (κ2) is 4.37. The van der Waals surface area contributed by atoms with Gasteiger partial charge in [0.25, 0.3) is 5.91 Å². The van der Waals surface area contributed by atoms with E-state index in [0.29, 0.717) is 19.5 Å². The summed E-state index contributed by atoms with van der Waals surface area (Å²) in [5.41, 5.74) is 0.520. The van der Waals surface area contributed by atoms with Gasteiger partial charge in [0.05, 0.1) is 5.41 Å². The smallest absolute Gasteiger partial charge is 0.313 e. The molecule has 0 aromatic heterocycles. The average molecular weight is 313 g/mol. The lowest BCUT2D eigenvalue weighted by Gasteiger charge is -2.40. The first-order valence-electron chi connectivity index (χ1n) is 8.41. The van der Waals surface area contributed by atoms with Crippen LogP contribution in [0.15, 0.2) is 24.3 Å². The number of fused-ring (bicyclic) bond motifs is 3. The van der Waals surface area contributed by atoms with E-state index in [0.717, 1.165) is 12.8 Å². The van der Waals surface area contributed by atoms with E-state index in [1.165, 1.54) is 11.1 Å². The van der Waals surface area contributed by atoms with Crippen LogP contribution in [0.4, 0.5) is 0 Å². The van der Waals surface area contributed by atoms with Gasteiger partial charge in [0, 0.05) is 18.5 Å². The van der Waals surface area contributed by atoms with Gasteiger partial charge in [0.15, 0.2) is 5.60 Å². The summed E-state index contributed by atoms with van der Waals surface area (Å²) < 4.78 is 5.74. The molecule has 1 aliphatic carbocycles. The minimum absolute atomic E-state index is 0.00780. The van der Waals surface area contributed by atoms with Gasteiger partial charge in [0.2, 0.25) is 0 Å². The van der Waals surface area contributed by atoms with Crippen LogP contribution in [0.2, 0.25) is 0 Å². The zero-order valence-electron chi connectivity index (χ0n) is 14.0. The van der Waals surface area contributed by atoms with E-state index in [2.05, 4.69) is 12.1 Å². The van der Waals surface area contributed by atoms with Crippen molar-refractivity contribution in [2.45, 2.75) is 52.2 Å². The van der Waals surface area contributed by atoms with E-state index < -0.39 is 16.4 Å². The highest BCUT2D eigenvalue weighted by Crippen LogP contribution is 2.66. The highest BCUT2D eigenvalue weighted by molar-refractivity contribution is 5.96. The summed E-state index contributed by atoms with van der Waals surface area (Å²) >= 11 is 0. The predicted octanol–water partition coefficient (Wildman–Crippen LogP) is 2.69. The SMILES string of the molecule is CC1(C)[C@@]2(C)CC[C@]1(C(=O)N1CCc3ccccc3C1)OC2=O. The van der Waals surface area contributed by atoms with Gasteiger partial charge in [-0.3, -0.25) is 9.59 Å². The molecule has 0 spiro atoms. The van der Waals surface area contributed by atoms with Gasteiger partial charge in [-0.05, 0) is 37.3 Å². The first kappa shape index (κ1) is 14.7. The summed E-state index contributed by atoms with van der Waals surface area (Å²) in [6.07, 6.45) is 2.23. The maximum atomic E-state index is 13.3. The Morgan fingerprint density at radius 2 is 1.83 bits per heavy atom. The topological polar surface area (TPSA) is 46.6 Å². The molecule has 1 saturated heterocycles. The number of carbonyl (C=O) groups is 2. The van der Waals surface area contributed by atoms with Crippen molar-refractivity contribution in [3.8, 4) is 0 Å². The molecule has 2 bridgehead atoms. The van der Waals surface area contributed by atoms with Crippen molar-refractivity contribution in [1.29, 1.82) is 0 Å². The zero-order valence-corrected chi connectivity index (χ0v) is 14.0. The number of hydrogen-bond donors (Lipinski definition) is 0. The number of nitrogens with zero attached hydrogens (tertiary/aromatic N) is 1. The summed E-state index contributed by atoms with van der Waals surface area (Å²) in [5, 5.41) is 0. The van der Waals surface area contributed by atoms with Crippen molar-refractivity contribution in [3.63, 3.8) is 0 Å². The van der Waals surface area contributed by atoms with Crippen molar-refractivity contribution in [2.24, 2.45) is 10.8 Å². The predicted molar refractivity (Wildman–Crippen MR) is 85.5 cm³/mol. The minimum Gasteiger partial charge on any atom is -0.448 e. The number of hydrogen-bond acceptors (Lipinski definition) is 3. The third-order valence-electron chi connectivity index (χ3n) is 6.85. The van der Waals surface area contributed by atoms with E-state index in [4.69, 9.17) is 4.74 Å².